The Labute approximate surface area is 114 Å². The van der Waals surface area contributed by atoms with E-state index < -0.39 is 5.92 Å². The number of hydrogen-bond acceptors (Lipinski definition) is 3. The van der Waals surface area contributed by atoms with Crippen LogP contribution in [0.4, 0.5) is 0 Å². The standard InChI is InChI=1S/C16H20O3/c1-3-4-9-14(17)13-10-19-16(18)15(13)12-8-6-5-7-11(12)2/h5-8,13,15H,3-4,9-10H2,1-2H3. The number of esters is 1. The van der Waals surface area contributed by atoms with E-state index in [9.17, 15) is 9.59 Å². The smallest absolute Gasteiger partial charge is 0.314 e. The molecule has 0 bridgehead atoms. The first-order chi connectivity index (χ1) is 9.15. The van der Waals surface area contributed by atoms with Gasteiger partial charge in [-0.15, -0.1) is 0 Å². The molecule has 0 spiro atoms. The molecule has 0 radical (unpaired) electrons. The Bertz CT molecular complexity index is 479. The Hall–Kier alpha value is -1.64. The molecule has 2 rings (SSSR count). The van der Waals surface area contributed by atoms with Gasteiger partial charge in [0.05, 0.1) is 11.8 Å². The zero-order valence-corrected chi connectivity index (χ0v) is 11.5. The van der Waals surface area contributed by atoms with Crippen LogP contribution in [0.15, 0.2) is 24.3 Å². The lowest BCUT2D eigenvalue weighted by molar-refractivity contribution is -0.139. The monoisotopic (exact) mass is 260 g/mol. The van der Waals surface area contributed by atoms with Crippen LogP contribution in [-0.4, -0.2) is 18.4 Å². The molecule has 0 aromatic heterocycles. The number of ketones is 1. The zero-order chi connectivity index (χ0) is 13.8. The van der Waals surface area contributed by atoms with Crippen LogP contribution in [0.5, 0.6) is 0 Å². The van der Waals surface area contributed by atoms with Gasteiger partial charge in [-0.2, -0.15) is 0 Å². The van der Waals surface area contributed by atoms with Crippen molar-refractivity contribution in [3.05, 3.63) is 35.4 Å². The van der Waals surface area contributed by atoms with Gasteiger partial charge in [0, 0.05) is 6.42 Å². The molecule has 3 heteroatoms. The number of ether oxygens (including phenoxy) is 1. The second-order valence-electron chi connectivity index (χ2n) is 5.14. The number of hydrogen-bond donors (Lipinski definition) is 0. The van der Waals surface area contributed by atoms with Crippen LogP contribution in [0.3, 0.4) is 0 Å². The highest BCUT2D eigenvalue weighted by atomic mass is 16.5. The van der Waals surface area contributed by atoms with Crippen molar-refractivity contribution in [2.75, 3.05) is 6.61 Å². The number of carbonyl (C=O) groups is 2. The molecule has 1 saturated heterocycles. The maximum absolute atomic E-state index is 12.2. The van der Waals surface area contributed by atoms with Crippen LogP contribution in [0.1, 0.15) is 43.2 Å². The minimum atomic E-state index is -0.412. The van der Waals surface area contributed by atoms with Crippen LogP contribution in [-0.2, 0) is 14.3 Å². The lowest BCUT2D eigenvalue weighted by Gasteiger charge is -2.16. The van der Waals surface area contributed by atoms with Gasteiger partial charge in [-0.1, -0.05) is 37.6 Å². The van der Waals surface area contributed by atoms with Crippen molar-refractivity contribution >= 4 is 11.8 Å². The highest BCUT2D eigenvalue weighted by Crippen LogP contribution is 2.35. The van der Waals surface area contributed by atoms with Gasteiger partial charge in [-0.05, 0) is 24.5 Å². The van der Waals surface area contributed by atoms with E-state index in [1.165, 1.54) is 0 Å². The van der Waals surface area contributed by atoms with Gasteiger partial charge >= 0.3 is 5.97 Å². The minimum Gasteiger partial charge on any atom is -0.464 e. The highest BCUT2D eigenvalue weighted by Gasteiger charge is 2.42. The summed E-state index contributed by atoms with van der Waals surface area (Å²) in [5.74, 6) is -0.823. The molecule has 1 fully saturated rings. The molecule has 102 valence electrons. The molecule has 0 amide bonds. The first-order valence-corrected chi connectivity index (χ1v) is 6.90. The third-order valence-electron chi connectivity index (χ3n) is 3.78. The third kappa shape index (κ3) is 2.86. The number of benzene rings is 1. The summed E-state index contributed by atoms with van der Waals surface area (Å²) in [4.78, 5) is 24.2. The maximum atomic E-state index is 12.2. The summed E-state index contributed by atoms with van der Waals surface area (Å²) in [5.41, 5.74) is 1.97. The molecular weight excluding hydrogens is 240 g/mol. The lowest BCUT2D eigenvalue weighted by atomic mass is 9.82. The summed E-state index contributed by atoms with van der Waals surface area (Å²) in [7, 11) is 0. The molecule has 0 aliphatic carbocycles. The molecule has 1 heterocycles. The topological polar surface area (TPSA) is 43.4 Å². The average Bonchev–Trinajstić information content (AvgIpc) is 2.78. The van der Waals surface area contributed by atoms with Crippen LogP contribution in [0, 0.1) is 12.8 Å². The maximum Gasteiger partial charge on any atom is 0.314 e. The molecule has 1 aromatic carbocycles. The summed E-state index contributed by atoms with van der Waals surface area (Å²) in [6.45, 7) is 4.26. The van der Waals surface area contributed by atoms with E-state index in [0.717, 1.165) is 24.0 Å². The fourth-order valence-electron chi connectivity index (χ4n) is 2.62. The third-order valence-corrected chi connectivity index (χ3v) is 3.78. The quantitative estimate of drug-likeness (QED) is 0.764. The molecule has 1 aromatic rings. The second kappa shape index (κ2) is 6.00. The first kappa shape index (κ1) is 13.8. The second-order valence-corrected chi connectivity index (χ2v) is 5.14. The van der Waals surface area contributed by atoms with Crippen LogP contribution in [0.2, 0.25) is 0 Å². The van der Waals surface area contributed by atoms with Crippen molar-refractivity contribution in [3.63, 3.8) is 0 Å². The number of aryl methyl sites for hydroxylation is 1. The number of carbonyl (C=O) groups excluding carboxylic acids is 2. The van der Waals surface area contributed by atoms with E-state index >= 15 is 0 Å². The molecule has 19 heavy (non-hydrogen) atoms. The van der Waals surface area contributed by atoms with E-state index in [1.807, 2.05) is 31.2 Å². The molecule has 1 aliphatic heterocycles. The molecule has 1 aliphatic rings. The summed E-state index contributed by atoms with van der Waals surface area (Å²) < 4.78 is 5.13. The lowest BCUT2D eigenvalue weighted by Crippen LogP contribution is -2.23. The minimum absolute atomic E-state index is 0.154. The predicted octanol–water partition coefficient (Wildman–Crippen LogP) is 3.01. The van der Waals surface area contributed by atoms with E-state index in [1.54, 1.807) is 0 Å². The van der Waals surface area contributed by atoms with E-state index in [2.05, 4.69) is 6.92 Å². The van der Waals surface area contributed by atoms with E-state index in [4.69, 9.17) is 4.74 Å². The van der Waals surface area contributed by atoms with Crippen LogP contribution in [0.25, 0.3) is 0 Å². The fourth-order valence-corrected chi connectivity index (χ4v) is 2.62. The normalized spacial score (nSPS) is 22.3. The van der Waals surface area contributed by atoms with Gasteiger partial charge in [-0.3, -0.25) is 9.59 Å². The molecule has 0 saturated carbocycles. The number of cyclic esters (lactones) is 1. The first-order valence-electron chi connectivity index (χ1n) is 6.90. The van der Waals surface area contributed by atoms with Crippen molar-refractivity contribution < 1.29 is 14.3 Å². The van der Waals surface area contributed by atoms with Crippen molar-refractivity contribution in [2.24, 2.45) is 5.92 Å². The molecule has 0 N–H and O–H groups in total. The van der Waals surface area contributed by atoms with Crippen molar-refractivity contribution in [1.82, 2.24) is 0 Å². The molecule has 3 nitrogen and oxygen atoms in total. The fraction of sp³-hybridized carbons (Fsp3) is 0.500. The largest absolute Gasteiger partial charge is 0.464 e. The van der Waals surface area contributed by atoms with Gasteiger partial charge in [0.1, 0.15) is 12.4 Å². The van der Waals surface area contributed by atoms with Gasteiger partial charge < -0.3 is 4.74 Å². The Kier molecular flexibility index (Phi) is 4.35. The van der Waals surface area contributed by atoms with Crippen molar-refractivity contribution in [3.8, 4) is 0 Å². The number of rotatable bonds is 5. The van der Waals surface area contributed by atoms with Gasteiger partial charge in [-0.25, -0.2) is 0 Å². The Morgan fingerprint density at radius 3 is 2.79 bits per heavy atom. The Morgan fingerprint density at radius 1 is 1.37 bits per heavy atom. The highest BCUT2D eigenvalue weighted by molar-refractivity contribution is 5.92. The Balaban J connectivity index is 2.23. The van der Waals surface area contributed by atoms with Gasteiger partial charge in [0.25, 0.3) is 0 Å². The van der Waals surface area contributed by atoms with Gasteiger partial charge in [0.2, 0.25) is 0 Å². The average molecular weight is 260 g/mol. The van der Waals surface area contributed by atoms with E-state index in [-0.39, 0.29) is 24.3 Å². The van der Waals surface area contributed by atoms with Crippen molar-refractivity contribution in [2.45, 2.75) is 39.0 Å². The van der Waals surface area contributed by atoms with E-state index in [0.29, 0.717) is 6.42 Å². The number of unbranched alkanes of at least 4 members (excludes halogenated alkanes) is 1. The van der Waals surface area contributed by atoms with Gasteiger partial charge in [0.15, 0.2) is 0 Å². The summed E-state index contributed by atoms with van der Waals surface area (Å²) in [6.07, 6.45) is 2.41. The number of Topliss-reactive ketones (excluding diaryl/α,β-unsaturated/α-hetero) is 1. The Morgan fingerprint density at radius 2 is 2.11 bits per heavy atom. The molecular formula is C16H20O3. The molecule has 2 atom stereocenters. The summed E-state index contributed by atoms with van der Waals surface area (Å²) >= 11 is 0. The molecule has 2 unspecified atom stereocenters. The SMILES string of the molecule is CCCCC(=O)C1COC(=O)C1c1ccccc1C. The summed E-state index contributed by atoms with van der Waals surface area (Å²) in [6, 6.07) is 7.73. The van der Waals surface area contributed by atoms with Crippen LogP contribution < -0.4 is 0 Å². The zero-order valence-electron chi connectivity index (χ0n) is 11.5. The van der Waals surface area contributed by atoms with Crippen molar-refractivity contribution in [1.29, 1.82) is 0 Å². The van der Waals surface area contributed by atoms with Crippen LogP contribution >= 0.6 is 0 Å². The predicted molar refractivity (Wildman–Crippen MR) is 72.9 cm³/mol. The summed E-state index contributed by atoms with van der Waals surface area (Å²) in [5, 5.41) is 0.